The SMILES string of the molecule is CCc1cc(-n2nc(C)c3c(C)cccc32)ccc1C#N. The van der Waals surface area contributed by atoms with Crippen LogP contribution in [0.1, 0.15) is 29.3 Å². The van der Waals surface area contributed by atoms with Gasteiger partial charge in [-0.15, -0.1) is 0 Å². The number of nitrogens with zero attached hydrogens (tertiary/aromatic N) is 3. The molecular weight excluding hydrogens is 258 g/mol. The molecule has 0 fully saturated rings. The topological polar surface area (TPSA) is 41.6 Å². The molecule has 0 aliphatic rings. The highest BCUT2D eigenvalue weighted by Gasteiger charge is 2.11. The Hall–Kier alpha value is -2.60. The van der Waals surface area contributed by atoms with Crippen LogP contribution < -0.4 is 0 Å². The number of fused-ring (bicyclic) bond motifs is 1. The second kappa shape index (κ2) is 5.06. The van der Waals surface area contributed by atoms with Gasteiger partial charge in [-0.1, -0.05) is 19.1 Å². The first-order valence-corrected chi connectivity index (χ1v) is 7.14. The van der Waals surface area contributed by atoms with Gasteiger partial charge >= 0.3 is 0 Å². The third-order valence-corrected chi connectivity index (χ3v) is 3.93. The summed E-state index contributed by atoms with van der Waals surface area (Å²) >= 11 is 0. The fourth-order valence-electron chi connectivity index (χ4n) is 2.86. The van der Waals surface area contributed by atoms with Crippen molar-refractivity contribution >= 4 is 10.9 Å². The monoisotopic (exact) mass is 275 g/mol. The van der Waals surface area contributed by atoms with E-state index in [0.29, 0.717) is 0 Å². The molecule has 0 bridgehead atoms. The minimum absolute atomic E-state index is 0.741. The molecule has 3 nitrogen and oxygen atoms in total. The lowest BCUT2D eigenvalue weighted by atomic mass is 10.1. The minimum Gasteiger partial charge on any atom is -0.233 e. The Labute approximate surface area is 124 Å². The first-order valence-electron chi connectivity index (χ1n) is 7.14. The van der Waals surface area contributed by atoms with Gasteiger partial charge in [0.15, 0.2) is 0 Å². The van der Waals surface area contributed by atoms with Crippen molar-refractivity contribution in [2.45, 2.75) is 27.2 Å². The third kappa shape index (κ3) is 2.09. The smallest absolute Gasteiger partial charge is 0.0994 e. The molecule has 1 heterocycles. The van der Waals surface area contributed by atoms with Gasteiger partial charge in [0.25, 0.3) is 0 Å². The maximum Gasteiger partial charge on any atom is 0.0994 e. The van der Waals surface area contributed by atoms with Crippen LogP contribution in [0.25, 0.3) is 16.6 Å². The lowest BCUT2D eigenvalue weighted by Crippen LogP contribution is -1.99. The van der Waals surface area contributed by atoms with E-state index in [1.165, 1.54) is 10.9 Å². The van der Waals surface area contributed by atoms with Crippen molar-refractivity contribution in [3.8, 4) is 11.8 Å². The number of rotatable bonds is 2. The summed E-state index contributed by atoms with van der Waals surface area (Å²) in [5.74, 6) is 0. The molecule has 0 radical (unpaired) electrons. The number of hydrogen-bond acceptors (Lipinski definition) is 2. The third-order valence-electron chi connectivity index (χ3n) is 3.93. The minimum atomic E-state index is 0.741. The van der Waals surface area contributed by atoms with Crippen molar-refractivity contribution in [3.63, 3.8) is 0 Å². The van der Waals surface area contributed by atoms with Crippen LogP contribution in [0.2, 0.25) is 0 Å². The molecule has 3 aromatic rings. The van der Waals surface area contributed by atoms with E-state index in [-0.39, 0.29) is 0 Å². The number of aromatic nitrogens is 2. The molecule has 0 atom stereocenters. The van der Waals surface area contributed by atoms with Gasteiger partial charge in [0, 0.05) is 5.39 Å². The molecule has 1 aromatic heterocycles. The molecule has 21 heavy (non-hydrogen) atoms. The summed E-state index contributed by atoms with van der Waals surface area (Å²) in [4.78, 5) is 0. The zero-order valence-corrected chi connectivity index (χ0v) is 12.5. The van der Waals surface area contributed by atoms with E-state index in [1.807, 2.05) is 23.7 Å². The van der Waals surface area contributed by atoms with Crippen LogP contribution in [0.3, 0.4) is 0 Å². The van der Waals surface area contributed by atoms with E-state index in [2.05, 4.69) is 49.3 Å². The van der Waals surface area contributed by atoms with Crippen LogP contribution in [0.15, 0.2) is 36.4 Å². The summed E-state index contributed by atoms with van der Waals surface area (Å²) in [5, 5.41) is 15.0. The average molecular weight is 275 g/mol. The molecule has 2 aromatic carbocycles. The zero-order chi connectivity index (χ0) is 15.0. The number of aryl methyl sites for hydroxylation is 3. The molecule has 0 saturated heterocycles. The number of hydrogen-bond donors (Lipinski definition) is 0. The Balaban J connectivity index is 2.27. The first-order chi connectivity index (χ1) is 10.2. The van der Waals surface area contributed by atoms with Gasteiger partial charge in [-0.05, 0) is 55.7 Å². The van der Waals surface area contributed by atoms with Crippen LogP contribution in [0, 0.1) is 25.2 Å². The van der Waals surface area contributed by atoms with Crippen LogP contribution in [0.5, 0.6) is 0 Å². The molecule has 3 rings (SSSR count). The number of nitriles is 1. The van der Waals surface area contributed by atoms with Gasteiger partial charge in [-0.25, -0.2) is 4.68 Å². The molecule has 104 valence electrons. The van der Waals surface area contributed by atoms with Crippen molar-refractivity contribution in [2.75, 3.05) is 0 Å². The Bertz CT molecular complexity index is 866. The van der Waals surface area contributed by atoms with Gasteiger partial charge in [0.1, 0.15) is 0 Å². The largest absolute Gasteiger partial charge is 0.233 e. The van der Waals surface area contributed by atoms with E-state index < -0.39 is 0 Å². The van der Waals surface area contributed by atoms with Crippen molar-refractivity contribution in [3.05, 3.63) is 58.8 Å². The maximum absolute atomic E-state index is 9.15. The summed E-state index contributed by atoms with van der Waals surface area (Å²) < 4.78 is 1.97. The average Bonchev–Trinajstić information content (AvgIpc) is 2.85. The number of benzene rings is 2. The van der Waals surface area contributed by atoms with Gasteiger partial charge in [0.2, 0.25) is 0 Å². The van der Waals surface area contributed by atoms with Crippen LogP contribution in [-0.4, -0.2) is 9.78 Å². The van der Waals surface area contributed by atoms with E-state index in [4.69, 9.17) is 5.26 Å². The van der Waals surface area contributed by atoms with Crippen molar-refractivity contribution in [1.82, 2.24) is 9.78 Å². The molecule has 0 spiro atoms. The highest BCUT2D eigenvalue weighted by molar-refractivity contribution is 5.86. The lowest BCUT2D eigenvalue weighted by molar-refractivity contribution is 0.885. The first kappa shape index (κ1) is 13.4. The summed E-state index contributed by atoms with van der Waals surface area (Å²) in [5.41, 5.74) is 6.19. The van der Waals surface area contributed by atoms with Gasteiger partial charge in [0.05, 0.1) is 28.5 Å². The fourth-order valence-corrected chi connectivity index (χ4v) is 2.86. The summed E-state index contributed by atoms with van der Waals surface area (Å²) in [6, 6.07) is 14.4. The predicted molar refractivity (Wildman–Crippen MR) is 84.6 cm³/mol. The molecule has 0 aliphatic heterocycles. The van der Waals surface area contributed by atoms with Crippen LogP contribution >= 0.6 is 0 Å². The molecule has 3 heteroatoms. The molecule has 0 amide bonds. The van der Waals surface area contributed by atoms with Crippen LogP contribution in [-0.2, 0) is 6.42 Å². The van der Waals surface area contributed by atoms with Crippen molar-refractivity contribution in [1.29, 1.82) is 5.26 Å². The van der Waals surface area contributed by atoms with Gasteiger partial charge < -0.3 is 0 Å². The normalized spacial score (nSPS) is 10.8. The van der Waals surface area contributed by atoms with Gasteiger partial charge in [-0.2, -0.15) is 10.4 Å². The Morgan fingerprint density at radius 3 is 2.71 bits per heavy atom. The van der Waals surface area contributed by atoms with Crippen molar-refractivity contribution in [2.24, 2.45) is 0 Å². The maximum atomic E-state index is 9.15. The summed E-state index contributed by atoms with van der Waals surface area (Å²) in [6.45, 7) is 6.21. The highest BCUT2D eigenvalue weighted by atomic mass is 15.3. The second-order valence-corrected chi connectivity index (χ2v) is 5.27. The summed E-state index contributed by atoms with van der Waals surface area (Å²) in [6.07, 6.45) is 0.841. The molecule has 0 saturated carbocycles. The van der Waals surface area contributed by atoms with Crippen molar-refractivity contribution < 1.29 is 0 Å². The Kier molecular flexibility index (Phi) is 3.23. The fraction of sp³-hybridized carbons (Fsp3) is 0.222. The molecule has 0 aliphatic carbocycles. The summed E-state index contributed by atoms with van der Waals surface area (Å²) in [7, 11) is 0. The van der Waals surface area contributed by atoms with E-state index in [1.54, 1.807) is 0 Å². The standard InChI is InChI=1S/C18H17N3/c1-4-14-10-16(9-8-15(14)11-19)21-17-7-5-6-12(2)18(17)13(3)20-21/h5-10H,4H2,1-3H3. The van der Waals surface area contributed by atoms with Gasteiger partial charge in [-0.3, -0.25) is 0 Å². The quantitative estimate of drug-likeness (QED) is 0.707. The molecular formula is C18H17N3. The zero-order valence-electron chi connectivity index (χ0n) is 12.5. The molecule has 0 unspecified atom stereocenters. The second-order valence-electron chi connectivity index (χ2n) is 5.27. The van der Waals surface area contributed by atoms with E-state index in [0.717, 1.165) is 34.4 Å². The highest BCUT2D eigenvalue weighted by Crippen LogP contribution is 2.25. The van der Waals surface area contributed by atoms with E-state index >= 15 is 0 Å². The van der Waals surface area contributed by atoms with Crippen LogP contribution in [0.4, 0.5) is 0 Å². The Morgan fingerprint density at radius 1 is 1.19 bits per heavy atom. The predicted octanol–water partition coefficient (Wildman–Crippen LogP) is 4.08. The molecule has 0 N–H and O–H groups in total. The Morgan fingerprint density at radius 2 is 2.00 bits per heavy atom. The van der Waals surface area contributed by atoms with E-state index in [9.17, 15) is 0 Å². The lowest BCUT2D eigenvalue weighted by Gasteiger charge is -2.07.